The van der Waals surface area contributed by atoms with Crippen molar-refractivity contribution in [2.45, 2.75) is 12.5 Å². The highest BCUT2D eigenvalue weighted by Crippen LogP contribution is 2.44. The maximum absolute atomic E-state index is 13.5. The van der Waals surface area contributed by atoms with Gasteiger partial charge in [0.2, 0.25) is 0 Å². The second kappa shape index (κ2) is 9.23. The third-order valence-corrected chi connectivity index (χ3v) is 6.54. The van der Waals surface area contributed by atoms with Gasteiger partial charge in [0.1, 0.15) is 5.69 Å². The van der Waals surface area contributed by atoms with E-state index in [2.05, 4.69) is 10.2 Å². The number of benzene rings is 3. The van der Waals surface area contributed by atoms with E-state index in [1.54, 1.807) is 14.2 Å². The van der Waals surface area contributed by atoms with Crippen LogP contribution in [0.25, 0.3) is 11.3 Å². The minimum absolute atomic E-state index is 0.0879. The topological polar surface area (TPSA) is 67.5 Å². The molecule has 0 aliphatic carbocycles. The van der Waals surface area contributed by atoms with Gasteiger partial charge >= 0.3 is 0 Å². The summed E-state index contributed by atoms with van der Waals surface area (Å²) in [5.74, 6) is 1.25. The predicted molar refractivity (Wildman–Crippen MR) is 132 cm³/mol. The van der Waals surface area contributed by atoms with Crippen LogP contribution in [0.5, 0.6) is 11.5 Å². The van der Waals surface area contributed by atoms with E-state index in [9.17, 15) is 4.79 Å². The first-order valence-corrected chi connectivity index (χ1v) is 11.4. The summed E-state index contributed by atoms with van der Waals surface area (Å²) in [6, 6.07) is 23.0. The normalized spacial score (nSPS) is 14.9. The highest BCUT2D eigenvalue weighted by Gasteiger charge is 2.42. The molecule has 1 aromatic heterocycles. The van der Waals surface area contributed by atoms with Crippen LogP contribution in [-0.2, 0) is 6.42 Å². The SMILES string of the molecule is COc1ccc(CCN2C(=O)c3[nH]nc(-c4ccccc4)c3C2c2ccccc2Cl)cc1OC. The van der Waals surface area contributed by atoms with Crippen molar-refractivity contribution in [2.24, 2.45) is 0 Å². The molecule has 0 bridgehead atoms. The first kappa shape index (κ1) is 22.0. The number of methoxy groups -OCH3 is 2. The molecule has 172 valence electrons. The minimum atomic E-state index is -0.342. The van der Waals surface area contributed by atoms with Gasteiger partial charge in [0.05, 0.1) is 26.0 Å². The number of nitrogens with zero attached hydrogens (tertiary/aromatic N) is 2. The average molecular weight is 474 g/mol. The summed E-state index contributed by atoms with van der Waals surface area (Å²) in [5.41, 5.74) is 5.00. The van der Waals surface area contributed by atoms with Gasteiger partial charge < -0.3 is 14.4 Å². The van der Waals surface area contributed by atoms with Crippen molar-refractivity contribution in [2.75, 3.05) is 20.8 Å². The number of fused-ring (bicyclic) bond motifs is 1. The summed E-state index contributed by atoms with van der Waals surface area (Å²) >= 11 is 6.64. The molecule has 1 unspecified atom stereocenters. The fourth-order valence-corrected chi connectivity index (χ4v) is 4.79. The lowest BCUT2D eigenvalue weighted by Crippen LogP contribution is -2.31. The van der Waals surface area contributed by atoms with Gasteiger partial charge in [0.15, 0.2) is 11.5 Å². The van der Waals surface area contributed by atoms with E-state index >= 15 is 0 Å². The minimum Gasteiger partial charge on any atom is -0.493 e. The maximum Gasteiger partial charge on any atom is 0.273 e. The number of amides is 1. The zero-order chi connectivity index (χ0) is 23.7. The van der Waals surface area contributed by atoms with E-state index in [0.29, 0.717) is 35.2 Å². The van der Waals surface area contributed by atoms with Crippen LogP contribution in [0.1, 0.15) is 33.2 Å². The Kier molecular flexibility index (Phi) is 5.99. The number of hydrogen-bond donors (Lipinski definition) is 1. The van der Waals surface area contributed by atoms with Crippen molar-refractivity contribution in [1.82, 2.24) is 15.1 Å². The molecule has 1 amide bonds. The molecule has 0 saturated heterocycles. The lowest BCUT2D eigenvalue weighted by atomic mass is 9.96. The number of rotatable bonds is 7. The van der Waals surface area contributed by atoms with Gasteiger partial charge in [-0.3, -0.25) is 9.89 Å². The fraction of sp³-hybridized carbons (Fsp3) is 0.185. The molecule has 0 radical (unpaired) electrons. The Morgan fingerprint density at radius 2 is 1.71 bits per heavy atom. The number of nitrogens with one attached hydrogen (secondary N) is 1. The summed E-state index contributed by atoms with van der Waals surface area (Å²) in [6.45, 7) is 0.501. The van der Waals surface area contributed by atoms with Crippen LogP contribution in [0.4, 0.5) is 0 Å². The third-order valence-electron chi connectivity index (χ3n) is 6.20. The van der Waals surface area contributed by atoms with Crippen LogP contribution in [-0.4, -0.2) is 41.8 Å². The quantitative estimate of drug-likeness (QED) is 0.383. The molecule has 0 saturated carbocycles. The highest BCUT2D eigenvalue weighted by molar-refractivity contribution is 6.31. The molecule has 1 atom stereocenters. The number of aromatic amines is 1. The van der Waals surface area contributed by atoms with Gasteiger partial charge in [-0.05, 0) is 35.7 Å². The number of H-pyrrole nitrogens is 1. The molecule has 0 spiro atoms. The predicted octanol–water partition coefficient (Wildman–Crippen LogP) is 5.54. The third kappa shape index (κ3) is 3.80. The van der Waals surface area contributed by atoms with E-state index in [1.807, 2.05) is 77.7 Å². The molecule has 2 heterocycles. The first-order chi connectivity index (χ1) is 16.6. The molecule has 1 N–H and O–H groups in total. The Balaban J connectivity index is 1.54. The van der Waals surface area contributed by atoms with Crippen molar-refractivity contribution in [3.05, 3.63) is 100 Å². The molecule has 7 heteroatoms. The molecule has 3 aromatic carbocycles. The smallest absolute Gasteiger partial charge is 0.273 e. The van der Waals surface area contributed by atoms with Gasteiger partial charge in [-0.1, -0.05) is 66.2 Å². The molecule has 4 aromatic rings. The van der Waals surface area contributed by atoms with Crippen LogP contribution in [0.15, 0.2) is 72.8 Å². The van der Waals surface area contributed by atoms with E-state index in [0.717, 1.165) is 27.9 Å². The first-order valence-electron chi connectivity index (χ1n) is 11.0. The van der Waals surface area contributed by atoms with Crippen LogP contribution < -0.4 is 9.47 Å². The molecule has 34 heavy (non-hydrogen) atoms. The Labute approximate surface area is 203 Å². The summed E-state index contributed by atoms with van der Waals surface area (Å²) in [5, 5.41) is 8.12. The zero-order valence-electron chi connectivity index (χ0n) is 18.9. The monoisotopic (exact) mass is 473 g/mol. The van der Waals surface area contributed by atoms with Gasteiger partial charge in [-0.2, -0.15) is 5.10 Å². The molecule has 1 aliphatic rings. The number of hydrogen-bond acceptors (Lipinski definition) is 4. The highest BCUT2D eigenvalue weighted by atomic mass is 35.5. The summed E-state index contributed by atoms with van der Waals surface area (Å²) in [4.78, 5) is 15.4. The Hall–Kier alpha value is -3.77. The van der Waals surface area contributed by atoms with Crippen molar-refractivity contribution in [1.29, 1.82) is 0 Å². The van der Waals surface area contributed by atoms with E-state index in [1.165, 1.54) is 0 Å². The Bertz CT molecular complexity index is 1340. The number of carbonyl (C=O) groups is 1. The van der Waals surface area contributed by atoms with Gasteiger partial charge in [-0.25, -0.2) is 0 Å². The molecule has 6 nitrogen and oxygen atoms in total. The number of aromatic nitrogens is 2. The Morgan fingerprint density at radius 1 is 0.971 bits per heavy atom. The number of carbonyl (C=O) groups excluding carboxylic acids is 1. The fourth-order valence-electron chi connectivity index (χ4n) is 4.55. The van der Waals surface area contributed by atoms with Crippen LogP contribution in [0.2, 0.25) is 5.02 Å². The summed E-state index contributed by atoms with van der Waals surface area (Å²) in [7, 11) is 3.23. The summed E-state index contributed by atoms with van der Waals surface area (Å²) < 4.78 is 10.8. The van der Waals surface area contributed by atoms with Gasteiger partial charge in [-0.15, -0.1) is 0 Å². The number of ether oxygens (including phenoxy) is 2. The molecular formula is C27H24ClN3O3. The molecule has 0 fully saturated rings. The van der Waals surface area contributed by atoms with Crippen molar-refractivity contribution >= 4 is 17.5 Å². The second-order valence-corrected chi connectivity index (χ2v) is 8.50. The van der Waals surface area contributed by atoms with E-state index in [-0.39, 0.29) is 11.9 Å². The van der Waals surface area contributed by atoms with E-state index < -0.39 is 0 Å². The van der Waals surface area contributed by atoms with Crippen LogP contribution in [0, 0.1) is 0 Å². The van der Waals surface area contributed by atoms with Gasteiger partial charge in [0.25, 0.3) is 5.91 Å². The van der Waals surface area contributed by atoms with Crippen molar-refractivity contribution in [3.8, 4) is 22.8 Å². The van der Waals surface area contributed by atoms with Crippen molar-refractivity contribution < 1.29 is 14.3 Å². The maximum atomic E-state index is 13.5. The van der Waals surface area contributed by atoms with Crippen LogP contribution >= 0.6 is 11.6 Å². The largest absolute Gasteiger partial charge is 0.493 e. The van der Waals surface area contributed by atoms with Gasteiger partial charge in [0, 0.05) is 22.7 Å². The molecule has 5 rings (SSSR count). The lowest BCUT2D eigenvalue weighted by Gasteiger charge is -2.27. The molecular weight excluding hydrogens is 450 g/mol. The lowest BCUT2D eigenvalue weighted by molar-refractivity contribution is 0.0746. The second-order valence-electron chi connectivity index (χ2n) is 8.09. The Morgan fingerprint density at radius 3 is 2.44 bits per heavy atom. The number of halogens is 1. The zero-order valence-corrected chi connectivity index (χ0v) is 19.7. The van der Waals surface area contributed by atoms with E-state index in [4.69, 9.17) is 21.1 Å². The van der Waals surface area contributed by atoms with Crippen LogP contribution in [0.3, 0.4) is 0 Å². The summed E-state index contributed by atoms with van der Waals surface area (Å²) in [6.07, 6.45) is 0.644. The average Bonchev–Trinajstić information content (AvgIpc) is 3.42. The molecule has 1 aliphatic heterocycles. The van der Waals surface area contributed by atoms with Crippen molar-refractivity contribution in [3.63, 3.8) is 0 Å². The standard InChI is InChI=1S/C27H24ClN3O3/c1-33-21-13-12-17(16-22(21)34-2)14-15-31-26(19-10-6-7-11-20(19)28)23-24(18-8-4-3-5-9-18)29-30-25(23)27(31)32/h3-13,16,26H,14-15H2,1-2H3,(H,29,30).